The first-order valence-corrected chi connectivity index (χ1v) is 6.68. The second-order valence-corrected chi connectivity index (χ2v) is 5.00. The molecule has 17 heavy (non-hydrogen) atoms. The van der Waals surface area contributed by atoms with Crippen LogP contribution in [0.5, 0.6) is 5.75 Å². The predicted molar refractivity (Wildman–Crippen MR) is 71.7 cm³/mol. The van der Waals surface area contributed by atoms with Crippen LogP contribution < -0.4 is 4.74 Å². The van der Waals surface area contributed by atoms with E-state index < -0.39 is 0 Å². The number of hydrogen-bond donors (Lipinski definition) is 0. The molecule has 0 aromatic heterocycles. The molecule has 2 nitrogen and oxygen atoms in total. The van der Waals surface area contributed by atoms with Gasteiger partial charge in [-0.05, 0) is 69.5 Å². The predicted octanol–water partition coefficient (Wildman–Crippen LogP) is 3.17. The largest absolute Gasteiger partial charge is 0.494 e. The second kappa shape index (κ2) is 6.06. The summed E-state index contributed by atoms with van der Waals surface area (Å²) in [7, 11) is 0. The molecule has 0 radical (unpaired) electrons. The van der Waals surface area contributed by atoms with Gasteiger partial charge in [-0.15, -0.1) is 0 Å². The molecule has 0 aliphatic carbocycles. The van der Waals surface area contributed by atoms with Gasteiger partial charge in [0.2, 0.25) is 0 Å². The summed E-state index contributed by atoms with van der Waals surface area (Å²) < 4.78 is 5.77. The number of hydrogen-bond acceptors (Lipinski definition) is 2. The number of benzene rings is 1. The molecule has 2 heteroatoms. The molecule has 1 aromatic carbocycles. The number of rotatable bonds is 5. The lowest BCUT2D eigenvalue weighted by Crippen LogP contribution is -2.21. The highest BCUT2D eigenvalue weighted by Gasteiger charge is 2.10. The minimum Gasteiger partial charge on any atom is -0.494 e. The first-order chi connectivity index (χ1) is 8.25. The lowest BCUT2D eigenvalue weighted by molar-refractivity contribution is 0.263. The van der Waals surface area contributed by atoms with Gasteiger partial charge in [-0.3, -0.25) is 0 Å². The third-order valence-electron chi connectivity index (χ3n) is 3.56. The summed E-state index contributed by atoms with van der Waals surface area (Å²) in [5.74, 6) is 1.01. The van der Waals surface area contributed by atoms with Crippen LogP contribution in [0.15, 0.2) is 18.2 Å². The molecule has 94 valence electrons. The van der Waals surface area contributed by atoms with Gasteiger partial charge < -0.3 is 9.64 Å². The summed E-state index contributed by atoms with van der Waals surface area (Å²) in [6.45, 7) is 8.84. The Balaban J connectivity index is 1.68. The van der Waals surface area contributed by atoms with Gasteiger partial charge in [0.25, 0.3) is 0 Å². The molecule has 0 amide bonds. The standard InChI is InChI=1S/C15H23NO/c1-13-6-7-15(12-14(13)2)17-11-5-10-16-8-3-4-9-16/h6-7,12H,3-5,8-11H2,1-2H3. The van der Waals surface area contributed by atoms with E-state index in [1.807, 2.05) is 0 Å². The van der Waals surface area contributed by atoms with Crippen molar-refractivity contribution < 1.29 is 4.74 Å². The molecule has 2 rings (SSSR count). The molecular formula is C15H23NO. The molecule has 1 aliphatic heterocycles. The van der Waals surface area contributed by atoms with E-state index in [4.69, 9.17) is 4.74 Å². The van der Waals surface area contributed by atoms with Crippen LogP contribution in [0, 0.1) is 13.8 Å². The summed E-state index contributed by atoms with van der Waals surface area (Å²) in [5.41, 5.74) is 2.64. The van der Waals surface area contributed by atoms with E-state index >= 15 is 0 Å². The Morgan fingerprint density at radius 2 is 1.88 bits per heavy atom. The average molecular weight is 233 g/mol. The molecule has 1 saturated heterocycles. The van der Waals surface area contributed by atoms with E-state index in [1.165, 1.54) is 43.6 Å². The minimum absolute atomic E-state index is 0.832. The van der Waals surface area contributed by atoms with E-state index in [9.17, 15) is 0 Å². The summed E-state index contributed by atoms with van der Waals surface area (Å²) in [6, 6.07) is 6.33. The van der Waals surface area contributed by atoms with Crippen molar-refractivity contribution in [1.82, 2.24) is 4.90 Å². The van der Waals surface area contributed by atoms with Crippen LogP contribution in [-0.4, -0.2) is 31.1 Å². The minimum atomic E-state index is 0.832. The van der Waals surface area contributed by atoms with Crippen LogP contribution in [0.1, 0.15) is 30.4 Å². The van der Waals surface area contributed by atoms with E-state index in [-0.39, 0.29) is 0 Å². The van der Waals surface area contributed by atoms with Gasteiger partial charge in [-0.2, -0.15) is 0 Å². The molecular weight excluding hydrogens is 210 g/mol. The highest BCUT2D eigenvalue weighted by molar-refractivity contribution is 5.33. The highest BCUT2D eigenvalue weighted by Crippen LogP contribution is 2.16. The zero-order valence-corrected chi connectivity index (χ0v) is 11.0. The van der Waals surface area contributed by atoms with Crippen molar-refractivity contribution in [2.75, 3.05) is 26.2 Å². The maximum atomic E-state index is 5.77. The van der Waals surface area contributed by atoms with Gasteiger partial charge in [0.15, 0.2) is 0 Å². The summed E-state index contributed by atoms with van der Waals surface area (Å²) in [5, 5.41) is 0. The van der Waals surface area contributed by atoms with Crippen molar-refractivity contribution in [3.05, 3.63) is 29.3 Å². The van der Waals surface area contributed by atoms with Crippen LogP contribution in [0.2, 0.25) is 0 Å². The molecule has 1 heterocycles. The first-order valence-electron chi connectivity index (χ1n) is 6.68. The molecule has 0 spiro atoms. The fraction of sp³-hybridized carbons (Fsp3) is 0.600. The maximum Gasteiger partial charge on any atom is 0.119 e. The Labute approximate surface area is 105 Å². The Morgan fingerprint density at radius 1 is 1.12 bits per heavy atom. The van der Waals surface area contributed by atoms with Crippen molar-refractivity contribution >= 4 is 0 Å². The Morgan fingerprint density at radius 3 is 2.59 bits per heavy atom. The topological polar surface area (TPSA) is 12.5 Å². The van der Waals surface area contributed by atoms with Crippen molar-refractivity contribution in [1.29, 1.82) is 0 Å². The number of ether oxygens (including phenoxy) is 1. The molecule has 1 aromatic rings. The van der Waals surface area contributed by atoms with Crippen LogP contribution in [-0.2, 0) is 0 Å². The zero-order chi connectivity index (χ0) is 12.1. The van der Waals surface area contributed by atoms with Crippen molar-refractivity contribution in [2.24, 2.45) is 0 Å². The second-order valence-electron chi connectivity index (χ2n) is 5.00. The van der Waals surface area contributed by atoms with E-state index in [2.05, 4.69) is 36.9 Å². The molecule has 0 saturated carbocycles. The quantitative estimate of drug-likeness (QED) is 0.724. The van der Waals surface area contributed by atoms with Crippen LogP contribution in [0.3, 0.4) is 0 Å². The van der Waals surface area contributed by atoms with Crippen molar-refractivity contribution in [3.8, 4) is 5.75 Å². The fourth-order valence-electron chi connectivity index (χ4n) is 2.29. The van der Waals surface area contributed by atoms with Gasteiger partial charge in [-0.1, -0.05) is 6.07 Å². The Bertz CT molecular complexity index is 356. The summed E-state index contributed by atoms with van der Waals surface area (Å²) >= 11 is 0. The van der Waals surface area contributed by atoms with E-state index in [0.29, 0.717) is 0 Å². The van der Waals surface area contributed by atoms with Crippen LogP contribution >= 0.6 is 0 Å². The van der Waals surface area contributed by atoms with Gasteiger partial charge >= 0.3 is 0 Å². The lowest BCUT2D eigenvalue weighted by atomic mass is 10.1. The normalized spacial score (nSPS) is 16.4. The van der Waals surface area contributed by atoms with Gasteiger partial charge in [0, 0.05) is 6.54 Å². The summed E-state index contributed by atoms with van der Waals surface area (Å²) in [6.07, 6.45) is 3.88. The molecule has 1 fully saturated rings. The van der Waals surface area contributed by atoms with E-state index in [1.54, 1.807) is 0 Å². The molecule has 1 aliphatic rings. The molecule has 0 unspecified atom stereocenters. The van der Waals surface area contributed by atoms with Gasteiger partial charge in [-0.25, -0.2) is 0 Å². The van der Waals surface area contributed by atoms with Crippen molar-refractivity contribution in [3.63, 3.8) is 0 Å². The zero-order valence-electron chi connectivity index (χ0n) is 11.0. The van der Waals surface area contributed by atoms with E-state index in [0.717, 1.165) is 18.8 Å². The fourth-order valence-corrected chi connectivity index (χ4v) is 2.29. The Hall–Kier alpha value is -1.02. The molecule has 0 atom stereocenters. The first kappa shape index (κ1) is 12.4. The highest BCUT2D eigenvalue weighted by atomic mass is 16.5. The molecule has 0 bridgehead atoms. The van der Waals surface area contributed by atoms with Crippen LogP contribution in [0.25, 0.3) is 0 Å². The average Bonchev–Trinajstić information content (AvgIpc) is 2.82. The Kier molecular flexibility index (Phi) is 4.43. The van der Waals surface area contributed by atoms with Gasteiger partial charge in [0.05, 0.1) is 6.61 Å². The van der Waals surface area contributed by atoms with Gasteiger partial charge in [0.1, 0.15) is 5.75 Å². The number of likely N-dealkylation sites (tertiary alicyclic amines) is 1. The summed E-state index contributed by atoms with van der Waals surface area (Å²) in [4.78, 5) is 2.53. The number of aryl methyl sites for hydroxylation is 2. The maximum absolute atomic E-state index is 5.77. The monoisotopic (exact) mass is 233 g/mol. The number of nitrogens with zero attached hydrogens (tertiary/aromatic N) is 1. The lowest BCUT2D eigenvalue weighted by Gasteiger charge is -2.14. The third-order valence-corrected chi connectivity index (χ3v) is 3.56. The van der Waals surface area contributed by atoms with Crippen LogP contribution in [0.4, 0.5) is 0 Å². The third kappa shape index (κ3) is 3.74. The molecule has 0 N–H and O–H groups in total. The smallest absolute Gasteiger partial charge is 0.119 e. The SMILES string of the molecule is Cc1ccc(OCCCN2CCCC2)cc1C. The van der Waals surface area contributed by atoms with Crippen molar-refractivity contribution in [2.45, 2.75) is 33.1 Å².